The van der Waals surface area contributed by atoms with E-state index in [-0.39, 0.29) is 12.4 Å². The van der Waals surface area contributed by atoms with Crippen molar-refractivity contribution in [3.8, 4) is 0 Å². The Hall–Kier alpha value is -3.56. The third kappa shape index (κ3) is 3.80. The number of aromatic nitrogens is 1. The first-order valence-corrected chi connectivity index (χ1v) is 6.75. The second kappa shape index (κ2) is 7.13. The van der Waals surface area contributed by atoms with Crippen LogP contribution in [0.15, 0.2) is 36.5 Å². The van der Waals surface area contributed by atoms with Crippen molar-refractivity contribution in [2.75, 3.05) is 11.9 Å². The zero-order chi connectivity index (χ0) is 17.7. The summed E-state index contributed by atoms with van der Waals surface area (Å²) in [7, 11) is 0. The Kier molecular flexibility index (Phi) is 5.00. The molecule has 0 fully saturated rings. The molecule has 1 aromatic carbocycles. The van der Waals surface area contributed by atoms with Crippen LogP contribution in [0.4, 0.5) is 22.9 Å². The summed E-state index contributed by atoms with van der Waals surface area (Å²) in [6.07, 6.45) is 0.919. The van der Waals surface area contributed by atoms with Gasteiger partial charge in [-0.3, -0.25) is 20.2 Å². The highest BCUT2D eigenvalue weighted by atomic mass is 16.6. The topological polar surface area (TPSA) is 138 Å². The molecule has 1 heterocycles. The number of anilines is 2. The van der Waals surface area contributed by atoms with Crippen LogP contribution in [-0.2, 0) is 4.74 Å². The number of hydrogen-bond donors (Lipinski definition) is 1. The molecule has 0 atom stereocenters. The Morgan fingerprint density at radius 3 is 2.42 bits per heavy atom. The number of esters is 1. The van der Waals surface area contributed by atoms with E-state index in [1.807, 2.05) is 0 Å². The number of nitrogens with zero attached hydrogens (tertiary/aromatic N) is 3. The predicted molar refractivity (Wildman–Crippen MR) is 83.2 cm³/mol. The van der Waals surface area contributed by atoms with Crippen molar-refractivity contribution in [3.63, 3.8) is 0 Å². The lowest BCUT2D eigenvalue weighted by Crippen LogP contribution is -2.05. The molecule has 0 aliphatic carbocycles. The molecule has 10 nitrogen and oxygen atoms in total. The summed E-state index contributed by atoms with van der Waals surface area (Å²) in [5.41, 5.74) is -0.260. The molecule has 0 saturated carbocycles. The van der Waals surface area contributed by atoms with Crippen LogP contribution in [0.25, 0.3) is 0 Å². The quantitative estimate of drug-likeness (QED) is 0.484. The van der Waals surface area contributed by atoms with Gasteiger partial charge in [0.15, 0.2) is 0 Å². The van der Waals surface area contributed by atoms with E-state index in [4.69, 9.17) is 4.74 Å². The highest BCUT2D eigenvalue weighted by Gasteiger charge is 2.21. The van der Waals surface area contributed by atoms with Gasteiger partial charge in [0.25, 0.3) is 5.69 Å². The minimum Gasteiger partial charge on any atom is -0.462 e. The van der Waals surface area contributed by atoms with E-state index in [1.54, 1.807) is 6.92 Å². The molecule has 1 N–H and O–H groups in total. The van der Waals surface area contributed by atoms with Crippen LogP contribution < -0.4 is 5.32 Å². The largest absolute Gasteiger partial charge is 0.462 e. The van der Waals surface area contributed by atoms with Crippen LogP contribution in [0.5, 0.6) is 0 Å². The average molecular weight is 332 g/mol. The van der Waals surface area contributed by atoms with E-state index < -0.39 is 27.2 Å². The third-order valence-corrected chi connectivity index (χ3v) is 2.92. The molecule has 0 saturated heterocycles. The van der Waals surface area contributed by atoms with Crippen LogP contribution in [0, 0.1) is 20.2 Å². The fraction of sp³-hybridized carbons (Fsp3) is 0.143. The molecule has 124 valence electrons. The highest BCUT2D eigenvalue weighted by Crippen LogP contribution is 2.28. The molecule has 0 unspecified atom stereocenters. The second-order valence-electron chi connectivity index (χ2n) is 4.50. The van der Waals surface area contributed by atoms with E-state index in [0.29, 0.717) is 11.3 Å². The zero-order valence-electron chi connectivity index (χ0n) is 12.5. The summed E-state index contributed by atoms with van der Waals surface area (Å²) in [6.45, 7) is 1.94. The molecule has 2 rings (SSSR count). The van der Waals surface area contributed by atoms with Crippen molar-refractivity contribution >= 4 is 28.8 Å². The highest BCUT2D eigenvalue weighted by molar-refractivity contribution is 5.90. The van der Waals surface area contributed by atoms with Crippen LogP contribution in [0.2, 0.25) is 0 Å². The Morgan fingerprint density at radius 2 is 1.88 bits per heavy atom. The van der Waals surface area contributed by atoms with Crippen LogP contribution in [-0.4, -0.2) is 27.4 Å². The van der Waals surface area contributed by atoms with E-state index >= 15 is 0 Å². The molecule has 24 heavy (non-hydrogen) atoms. The number of rotatable bonds is 6. The van der Waals surface area contributed by atoms with Crippen molar-refractivity contribution in [1.29, 1.82) is 0 Å². The predicted octanol–water partition coefficient (Wildman–Crippen LogP) is 2.82. The van der Waals surface area contributed by atoms with E-state index in [0.717, 1.165) is 12.3 Å². The summed E-state index contributed by atoms with van der Waals surface area (Å²) in [4.78, 5) is 35.5. The van der Waals surface area contributed by atoms with Gasteiger partial charge in [-0.15, -0.1) is 0 Å². The minimum atomic E-state index is -0.769. The van der Waals surface area contributed by atoms with E-state index in [9.17, 15) is 25.0 Å². The fourth-order valence-electron chi connectivity index (χ4n) is 1.82. The molecule has 0 amide bonds. The first kappa shape index (κ1) is 16.8. The van der Waals surface area contributed by atoms with E-state index in [1.165, 1.54) is 24.3 Å². The van der Waals surface area contributed by atoms with Gasteiger partial charge in [-0.1, -0.05) is 0 Å². The van der Waals surface area contributed by atoms with Gasteiger partial charge in [0.1, 0.15) is 6.20 Å². The maximum atomic E-state index is 11.6. The summed E-state index contributed by atoms with van der Waals surface area (Å²) >= 11 is 0. The number of carbonyl (C=O) groups excluding carboxylic acids is 1. The maximum absolute atomic E-state index is 11.6. The van der Waals surface area contributed by atoms with Crippen molar-refractivity contribution in [1.82, 2.24) is 4.98 Å². The fourth-order valence-corrected chi connectivity index (χ4v) is 1.82. The number of ether oxygens (including phenoxy) is 1. The first-order valence-electron chi connectivity index (χ1n) is 6.75. The lowest BCUT2D eigenvalue weighted by atomic mass is 10.2. The smallest absolute Gasteiger partial charge is 0.338 e. The van der Waals surface area contributed by atoms with Crippen LogP contribution >= 0.6 is 0 Å². The number of nitro groups is 2. The van der Waals surface area contributed by atoms with Crippen molar-refractivity contribution < 1.29 is 19.4 Å². The molecule has 0 spiro atoms. The van der Waals surface area contributed by atoms with E-state index in [2.05, 4.69) is 10.3 Å². The summed E-state index contributed by atoms with van der Waals surface area (Å²) < 4.78 is 4.85. The molecular weight excluding hydrogens is 320 g/mol. The molecule has 1 aromatic heterocycles. The average Bonchev–Trinajstić information content (AvgIpc) is 2.55. The Balaban J connectivity index is 2.26. The van der Waals surface area contributed by atoms with Gasteiger partial charge < -0.3 is 10.1 Å². The van der Waals surface area contributed by atoms with Gasteiger partial charge in [0.05, 0.1) is 28.1 Å². The summed E-state index contributed by atoms with van der Waals surface area (Å²) in [5.74, 6) is -0.627. The summed E-state index contributed by atoms with van der Waals surface area (Å²) in [6, 6.07) is 6.82. The first-order chi connectivity index (χ1) is 11.4. The van der Waals surface area contributed by atoms with Crippen molar-refractivity contribution in [3.05, 3.63) is 62.3 Å². The summed E-state index contributed by atoms with van der Waals surface area (Å²) in [5, 5.41) is 24.4. The number of nitrogens with one attached hydrogen (secondary N) is 1. The monoisotopic (exact) mass is 332 g/mol. The molecule has 0 radical (unpaired) electrons. The van der Waals surface area contributed by atoms with Crippen molar-refractivity contribution in [2.45, 2.75) is 6.92 Å². The van der Waals surface area contributed by atoms with Gasteiger partial charge in [0.2, 0.25) is 5.82 Å². The molecule has 0 bridgehead atoms. The SMILES string of the molecule is CCOC(=O)c1ccc(Nc2ncc([N+](=O)[O-])cc2[N+](=O)[O-])cc1. The minimum absolute atomic E-state index is 0.144. The number of benzene rings is 1. The van der Waals surface area contributed by atoms with Gasteiger partial charge in [0, 0.05) is 5.69 Å². The number of hydrogen-bond acceptors (Lipinski definition) is 8. The lowest BCUT2D eigenvalue weighted by molar-refractivity contribution is -0.394. The molecule has 0 aliphatic rings. The molecule has 2 aromatic rings. The number of pyridine rings is 1. The zero-order valence-corrected chi connectivity index (χ0v) is 12.5. The normalized spacial score (nSPS) is 10.0. The third-order valence-electron chi connectivity index (χ3n) is 2.92. The Morgan fingerprint density at radius 1 is 1.21 bits per heavy atom. The van der Waals surface area contributed by atoms with Gasteiger partial charge in [-0.25, -0.2) is 9.78 Å². The van der Waals surface area contributed by atoms with Crippen molar-refractivity contribution in [2.24, 2.45) is 0 Å². The van der Waals surface area contributed by atoms with Gasteiger partial charge in [-0.2, -0.15) is 0 Å². The Labute approximate surface area is 135 Å². The molecular formula is C14H12N4O6. The van der Waals surface area contributed by atoms with Crippen LogP contribution in [0.1, 0.15) is 17.3 Å². The maximum Gasteiger partial charge on any atom is 0.338 e. The van der Waals surface area contributed by atoms with Gasteiger partial charge >= 0.3 is 11.7 Å². The Bertz CT molecular complexity index is 790. The molecule has 10 heteroatoms. The lowest BCUT2D eigenvalue weighted by Gasteiger charge is -2.07. The second-order valence-corrected chi connectivity index (χ2v) is 4.50. The standard InChI is InChI=1S/C14H12N4O6/c1-2-24-14(19)9-3-5-10(6-4-9)16-13-12(18(22)23)7-11(8-15-13)17(20)21/h3-8H,2H2,1H3,(H,15,16). The molecule has 0 aliphatic heterocycles. The van der Waals surface area contributed by atoms with Gasteiger partial charge in [-0.05, 0) is 31.2 Å². The van der Waals surface area contributed by atoms with Crippen LogP contribution in [0.3, 0.4) is 0 Å². The number of carbonyl (C=O) groups is 1.